The highest BCUT2D eigenvalue weighted by molar-refractivity contribution is 7.91. The number of amides is 1. The highest BCUT2D eigenvalue weighted by Gasteiger charge is 2.19. The lowest BCUT2D eigenvalue weighted by atomic mass is 10.1. The first-order valence-corrected chi connectivity index (χ1v) is 9.59. The molecule has 1 unspecified atom stereocenters. The van der Waals surface area contributed by atoms with E-state index in [0.29, 0.717) is 24.7 Å². The predicted octanol–water partition coefficient (Wildman–Crippen LogP) is 1.66. The Labute approximate surface area is 143 Å². The van der Waals surface area contributed by atoms with Crippen molar-refractivity contribution in [1.29, 1.82) is 0 Å². The number of carbonyl (C=O) groups is 1. The number of fused-ring (bicyclic) bond motifs is 1. The number of benzene rings is 1. The molecule has 128 valence electrons. The Kier molecular flexibility index (Phi) is 4.48. The highest BCUT2D eigenvalue weighted by atomic mass is 32.2. The van der Waals surface area contributed by atoms with E-state index in [4.69, 9.17) is 14.6 Å². The van der Waals surface area contributed by atoms with Gasteiger partial charge in [-0.05, 0) is 30.7 Å². The quantitative estimate of drug-likeness (QED) is 0.853. The van der Waals surface area contributed by atoms with E-state index in [0.717, 1.165) is 16.9 Å². The monoisotopic (exact) mass is 368 g/mol. The van der Waals surface area contributed by atoms with Crippen LogP contribution in [0.4, 0.5) is 0 Å². The summed E-state index contributed by atoms with van der Waals surface area (Å²) >= 11 is 0.916. The van der Waals surface area contributed by atoms with Crippen LogP contribution in [-0.2, 0) is 10.0 Å². The molecule has 1 aromatic heterocycles. The van der Waals surface area contributed by atoms with Crippen molar-refractivity contribution in [2.24, 2.45) is 5.14 Å². The van der Waals surface area contributed by atoms with E-state index in [1.807, 2.05) is 19.1 Å². The van der Waals surface area contributed by atoms with E-state index in [1.54, 1.807) is 6.07 Å². The standard InChI is InChI=1S/C15H16N2O5S2/c1-9(10-2-3-12-13(6-10)22-5-4-21-12)17-15(18)11-7-14(23-8-11)24(16,19)20/h2-3,6-9H,4-5H2,1H3,(H,17,18)(H2,16,19,20). The molecule has 0 fully saturated rings. The van der Waals surface area contributed by atoms with E-state index in [-0.39, 0.29) is 21.7 Å². The van der Waals surface area contributed by atoms with Crippen molar-refractivity contribution in [2.45, 2.75) is 17.2 Å². The number of primary sulfonamides is 1. The Balaban J connectivity index is 1.73. The zero-order valence-corrected chi connectivity index (χ0v) is 14.4. The van der Waals surface area contributed by atoms with Gasteiger partial charge in [-0.2, -0.15) is 0 Å². The number of rotatable bonds is 4. The van der Waals surface area contributed by atoms with Gasteiger partial charge in [-0.3, -0.25) is 4.79 Å². The van der Waals surface area contributed by atoms with Gasteiger partial charge in [-0.15, -0.1) is 11.3 Å². The average Bonchev–Trinajstić information content (AvgIpc) is 3.04. The van der Waals surface area contributed by atoms with Gasteiger partial charge in [-0.25, -0.2) is 13.6 Å². The van der Waals surface area contributed by atoms with Gasteiger partial charge >= 0.3 is 0 Å². The maximum Gasteiger partial charge on any atom is 0.252 e. The van der Waals surface area contributed by atoms with Gasteiger partial charge in [0.2, 0.25) is 10.0 Å². The van der Waals surface area contributed by atoms with Crippen molar-refractivity contribution in [1.82, 2.24) is 5.32 Å². The zero-order chi connectivity index (χ0) is 17.3. The summed E-state index contributed by atoms with van der Waals surface area (Å²) < 4.78 is 33.5. The molecule has 2 aromatic rings. The Morgan fingerprint density at radius 3 is 2.62 bits per heavy atom. The second-order valence-electron chi connectivity index (χ2n) is 5.30. The minimum Gasteiger partial charge on any atom is -0.486 e. The SMILES string of the molecule is CC(NC(=O)c1csc(S(N)(=O)=O)c1)c1ccc2c(c1)OCCO2. The third-order valence-electron chi connectivity index (χ3n) is 3.53. The van der Waals surface area contributed by atoms with Crippen LogP contribution in [0.1, 0.15) is 28.9 Å². The summed E-state index contributed by atoms with van der Waals surface area (Å²) in [5.41, 5.74) is 1.11. The van der Waals surface area contributed by atoms with Crippen LogP contribution < -0.4 is 19.9 Å². The van der Waals surface area contributed by atoms with E-state index >= 15 is 0 Å². The second kappa shape index (κ2) is 6.42. The molecule has 0 saturated heterocycles. The minimum atomic E-state index is -3.80. The number of nitrogens with one attached hydrogen (secondary N) is 1. The first-order valence-electron chi connectivity index (χ1n) is 7.16. The summed E-state index contributed by atoms with van der Waals surface area (Å²) in [7, 11) is -3.80. The van der Waals surface area contributed by atoms with Crippen LogP contribution in [0.15, 0.2) is 33.9 Å². The lowest BCUT2D eigenvalue weighted by Gasteiger charge is -2.21. The average molecular weight is 368 g/mol. The molecule has 0 aliphatic carbocycles. The molecule has 2 heterocycles. The highest BCUT2D eigenvalue weighted by Crippen LogP contribution is 2.32. The van der Waals surface area contributed by atoms with E-state index in [2.05, 4.69) is 5.32 Å². The normalized spacial score (nSPS) is 14.9. The number of thiophene rings is 1. The fraction of sp³-hybridized carbons (Fsp3) is 0.267. The number of sulfonamides is 1. The summed E-state index contributed by atoms with van der Waals surface area (Å²) in [6.45, 7) is 2.84. The summed E-state index contributed by atoms with van der Waals surface area (Å²) in [5, 5.41) is 9.34. The van der Waals surface area contributed by atoms with Crippen LogP contribution >= 0.6 is 11.3 Å². The van der Waals surface area contributed by atoms with Crippen molar-refractivity contribution in [3.05, 3.63) is 40.8 Å². The van der Waals surface area contributed by atoms with Crippen LogP contribution in [0.25, 0.3) is 0 Å². The van der Waals surface area contributed by atoms with Gasteiger partial charge in [0.25, 0.3) is 5.91 Å². The Hall–Kier alpha value is -2.10. The van der Waals surface area contributed by atoms with Crippen LogP contribution in [-0.4, -0.2) is 27.5 Å². The van der Waals surface area contributed by atoms with E-state index < -0.39 is 10.0 Å². The molecular weight excluding hydrogens is 352 g/mol. The summed E-state index contributed by atoms with van der Waals surface area (Å²) in [6, 6.07) is 6.46. The van der Waals surface area contributed by atoms with E-state index in [9.17, 15) is 13.2 Å². The summed E-state index contributed by atoms with van der Waals surface area (Å²) in [6.07, 6.45) is 0. The Morgan fingerprint density at radius 2 is 1.96 bits per heavy atom. The lowest BCUT2D eigenvalue weighted by molar-refractivity contribution is 0.0940. The molecule has 0 saturated carbocycles. The van der Waals surface area contributed by atoms with E-state index in [1.165, 1.54) is 11.4 Å². The van der Waals surface area contributed by atoms with Crippen molar-refractivity contribution in [2.75, 3.05) is 13.2 Å². The predicted molar refractivity (Wildman–Crippen MR) is 89.0 cm³/mol. The van der Waals surface area contributed by atoms with Crippen LogP contribution in [0.5, 0.6) is 11.5 Å². The topological polar surface area (TPSA) is 108 Å². The van der Waals surface area contributed by atoms with Crippen molar-refractivity contribution in [3.63, 3.8) is 0 Å². The molecule has 1 aliphatic heterocycles. The fourth-order valence-corrected chi connectivity index (χ4v) is 3.86. The molecule has 1 aliphatic rings. The van der Waals surface area contributed by atoms with Crippen LogP contribution in [0.2, 0.25) is 0 Å². The van der Waals surface area contributed by atoms with Gasteiger partial charge in [0, 0.05) is 5.38 Å². The molecule has 1 aromatic carbocycles. The Bertz CT molecular complexity index is 876. The summed E-state index contributed by atoms with van der Waals surface area (Å²) in [4.78, 5) is 12.3. The molecule has 1 amide bonds. The molecule has 3 rings (SSSR count). The molecule has 1 atom stereocenters. The molecular formula is C15H16N2O5S2. The molecule has 0 spiro atoms. The molecule has 3 N–H and O–H groups in total. The van der Waals surface area contributed by atoms with Gasteiger partial charge in [0.1, 0.15) is 17.4 Å². The number of carbonyl (C=O) groups excluding carboxylic acids is 1. The lowest BCUT2D eigenvalue weighted by Crippen LogP contribution is -2.26. The Morgan fingerprint density at radius 1 is 1.25 bits per heavy atom. The van der Waals surface area contributed by atoms with Crippen LogP contribution in [0, 0.1) is 0 Å². The smallest absolute Gasteiger partial charge is 0.252 e. The maximum atomic E-state index is 12.3. The zero-order valence-electron chi connectivity index (χ0n) is 12.8. The van der Waals surface area contributed by atoms with Gasteiger partial charge in [-0.1, -0.05) is 6.07 Å². The largest absolute Gasteiger partial charge is 0.486 e. The van der Waals surface area contributed by atoms with Crippen LogP contribution in [0.3, 0.4) is 0 Å². The molecule has 0 radical (unpaired) electrons. The van der Waals surface area contributed by atoms with Crippen molar-refractivity contribution < 1.29 is 22.7 Å². The minimum absolute atomic E-state index is 0.0420. The van der Waals surface area contributed by atoms with Crippen molar-refractivity contribution in [3.8, 4) is 11.5 Å². The fourth-order valence-electron chi connectivity index (χ4n) is 2.28. The third-order valence-corrected chi connectivity index (χ3v) is 5.92. The van der Waals surface area contributed by atoms with Gasteiger partial charge in [0.05, 0.1) is 11.6 Å². The first-order chi connectivity index (χ1) is 11.3. The molecule has 0 bridgehead atoms. The summed E-state index contributed by atoms with van der Waals surface area (Å²) in [5.74, 6) is 0.953. The first kappa shape index (κ1) is 16.7. The second-order valence-corrected chi connectivity index (χ2v) is 8.00. The maximum absolute atomic E-state index is 12.3. The number of hydrogen-bond donors (Lipinski definition) is 2. The molecule has 7 nitrogen and oxygen atoms in total. The van der Waals surface area contributed by atoms with Gasteiger partial charge < -0.3 is 14.8 Å². The molecule has 9 heteroatoms. The van der Waals surface area contributed by atoms with Crippen molar-refractivity contribution >= 4 is 27.3 Å². The third kappa shape index (κ3) is 3.53. The number of hydrogen-bond acceptors (Lipinski definition) is 6. The van der Waals surface area contributed by atoms with Gasteiger partial charge in [0.15, 0.2) is 11.5 Å². The molecule has 24 heavy (non-hydrogen) atoms. The number of ether oxygens (including phenoxy) is 2. The number of nitrogens with two attached hydrogens (primary N) is 1.